The van der Waals surface area contributed by atoms with Crippen molar-refractivity contribution < 1.29 is 8.42 Å². The van der Waals surface area contributed by atoms with Crippen molar-refractivity contribution in [1.29, 1.82) is 0 Å². The van der Waals surface area contributed by atoms with E-state index in [2.05, 4.69) is 27.7 Å². The summed E-state index contributed by atoms with van der Waals surface area (Å²) >= 11 is 0. The molecule has 0 amide bonds. The van der Waals surface area contributed by atoms with Gasteiger partial charge in [-0.05, 0) is 28.0 Å². The Morgan fingerprint density at radius 1 is 0.905 bits per heavy atom. The van der Waals surface area contributed by atoms with Gasteiger partial charge in [-0.1, -0.05) is 72.7 Å². The molecule has 0 N–H and O–H groups in total. The second-order valence-corrected chi connectivity index (χ2v) is 10.2. The normalized spacial score (nSPS) is 17.2. The molecule has 1 aliphatic rings. The SMILES string of the molecule is CC(C)(C)C.CC(C)(C)C1=Cc2ccccc2S(=O)(=O)C1. The third kappa shape index (κ3) is 5.66. The van der Waals surface area contributed by atoms with Crippen molar-refractivity contribution in [3.8, 4) is 0 Å². The fraction of sp³-hybridized carbons (Fsp3) is 0.556. The molecule has 0 atom stereocenters. The minimum absolute atomic E-state index is 0.0966. The van der Waals surface area contributed by atoms with Crippen LogP contribution >= 0.6 is 0 Å². The molecule has 0 aromatic heterocycles. The first kappa shape index (κ1) is 18.0. The topological polar surface area (TPSA) is 34.1 Å². The van der Waals surface area contributed by atoms with Gasteiger partial charge in [-0.25, -0.2) is 8.42 Å². The molecule has 0 radical (unpaired) electrons. The van der Waals surface area contributed by atoms with Crippen LogP contribution in [0.3, 0.4) is 0 Å². The number of sulfone groups is 1. The molecule has 0 spiro atoms. The summed E-state index contributed by atoms with van der Waals surface area (Å²) in [6, 6.07) is 7.18. The Morgan fingerprint density at radius 2 is 1.38 bits per heavy atom. The molecule has 1 aromatic carbocycles. The Hall–Kier alpha value is -1.09. The lowest BCUT2D eigenvalue weighted by Gasteiger charge is -2.27. The van der Waals surface area contributed by atoms with E-state index in [4.69, 9.17) is 0 Å². The highest BCUT2D eigenvalue weighted by atomic mass is 32.2. The number of rotatable bonds is 0. The average molecular weight is 308 g/mol. The first-order chi connectivity index (χ1) is 9.31. The third-order valence-corrected chi connectivity index (χ3v) is 4.63. The first-order valence-electron chi connectivity index (χ1n) is 7.33. The minimum atomic E-state index is -3.14. The maximum absolute atomic E-state index is 12.1. The molecular weight excluding hydrogens is 280 g/mol. The van der Waals surface area contributed by atoms with Crippen LogP contribution in [0, 0.1) is 10.8 Å². The van der Waals surface area contributed by atoms with Crippen LogP contribution in [0.15, 0.2) is 34.7 Å². The van der Waals surface area contributed by atoms with Gasteiger partial charge in [0.1, 0.15) is 0 Å². The Bertz CT molecular complexity index is 618. The van der Waals surface area contributed by atoms with Gasteiger partial charge >= 0.3 is 0 Å². The molecule has 2 nitrogen and oxygen atoms in total. The van der Waals surface area contributed by atoms with E-state index in [1.807, 2.05) is 39.0 Å². The van der Waals surface area contributed by atoms with Gasteiger partial charge in [0.05, 0.1) is 10.6 Å². The summed E-state index contributed by atoms with van der Waals surface area (Å²) in [4.78, 5) is 0.461. The van der Waals surface area contributed by atoms with Gasteiger partial charge in [-0.15, -0.1) is 0 Å². The molecule has 1 aromatic rings. The third-order valence-electron chi connectivity index (χ3n) is 2.89. The lowest BCUT2D eigenvalue weighted by molar-refractivity contribution is 0.469. The lowest BCUT2D eigenvalue weighted by Crippen LogP contribution is -2.22. The van der Waals surface area contributed by atoms with E-state index >= 15 is 0 Å². The molecule has 1 heterocycles. The summed E-state index contributed by atoms with van der Waals surface area (Å²) in [5.41, 5.74) is 2.20. The zero-order valence-corrected chi connectivity index (χ0v) is 15.1. The molecule has 118 valence electrons. The van der Waals surface area contributed by atoms with Crippen molar-refractivity contribution in [3.63, 3.8) is 0 Å². The van der Waals surface area contributed by atoms with Crippen LogP contribution in [0.1, 0.15) is 54.0 Å². The van der Waals surface area contributed by atoms with Crippen LogP contribution in [0.5, 0.6) is 0 Å². The molecule has 3 heteroatoms. The Kier molecular flexibility index (Phi) is 5.09. The van der Waals surface area contributed by atoms with Gasteiger partial charge in [0, 0.05) is 0 Å². The van der Waals surface area contributed by atoms with E-state index in [1.54, 1.807) is 12.1 Å². The number of hydrogen-bond acceptors (Lipinski definition) is 2. The zero-order valence-electron chi connectivity index (χ0n) is 14.3. The molecule has 1 aliphatic heterocycles. The van der Waals surface area contributed by atoms with Gasteiger partial charge in [-0.2, -0.15) is 0 Å². The van der Waals surface area contributed by atoms with Crippen LogP contribution in [-0.2, 0) is 9.84 Å². The second kappa shape index (κ2) is 5.96. The molecule has 21 heavy (non-hydrogen) atoms. The quantitative estimate of drug-likeness (QED) is 0.679. The van der Waals surface area contributed by atoms with Crippen LogP contribution in [0.4, 0.5) is 0 Å². The van der Waals surface area contributed by atoms with Crippen molar-refractivity contribution in [2.75, 3.05) is 5.75 Å². The van der Waals surface area contributed by atoms with Crippen LogP contribution in [-0.4, -0.2) is 14.2 Å². The molecule has 2 rings (SSSR count). The molecule has 0 fully saturated rings. The van der Waals surface area contributed by atoms with Crippen molar-refractivity contribution in [1.82, 2.24) is 0 Å². The predicted octanol–water partition coefficient (Wildman–Crippen LogP) is 4.96. The standard InChI is InChI=1S/C13H16O2S.C5H12/c1-13(2,3)11-8-10-6-4-5-7-12(10)16(14,15)9-11;1-5(2,3)4/h4-8H,9H2,1-3H3;1-4H3. The van der Waals surface area contributed by atoms with E-state index in [1.165, 1.54) is 0 Å². The van der Waals surface area contributed by atoms with E-state index in [0.29, 0.717) is 10.3 Å². The summed E-state index contributed by atoms with van der Waals surface area (Å²) in [6.45, 7) is 14.9. The van der Waals surface area contributed by atoms with Crippen LogP contribution < -0.4 is 0 Å². The molecule has 0 saturated heterocycles. The van der Waals surface area contributed by atoms with Gasteiger partial charge in [0.15, 0.2) is 9.84 Å². The summed E-state index contributed by atoms with van der Waals surface area (Å²) in [5, 5.41) is 0. The smallest absolute Gasteiger partial charge is 0.182 e. The highest BCUT2D eigenvalue weighted by Gasteiger charge is 2.29. The summed E-state index contributed by atoms with van der Waals surface area (Å²) in [6.07, 6.45) is 2.01. The fourth-order valence-corrected chi connectivity index (χ4v) is 3.68. The fourth-order valence-electron chi connectivity index (χ4n) is 1.83. The molecule has 0 bridgehead atoms. The Morgan fingerprint density at radius 3 is 1.86 bits per heavy atom. The average Bonchev–Trinajstić information content (AvgIpc) is 2.24. The summed E-state index contributed by atoms with van der Waals surface area (Å²) < 4.78 is 24.2. The summed E-state index contributed by atoms with van der Waals surface area (Å²) in [5.74, 6) is 0.146. The van der Waals surface area contributed by atoms with E-state index in [9.17, 15) is 8.42 Å². The maximum Gasteiger partial charge on any atom is 0.182 e. The number of fused-ring (bicyclic) bond motifs is 1. The van der Waals surface area contributed by atoms with Crippen molar-refractivity contribution in [2.45, 2.75) is 53.4 Å². The second-order valence-electron chi connectivity index (χ2n) is 8.22. The number of benzene rings is 1. The molecule has 0 unspecified atom stereocenters. The predicted molar refractivity (Wildman–Crippen MR) is 91.1 cm³/mol. The highest BCUT2D eigenvalue weighted by molar-refractivity contribution is 7.91. The minimum Gasteiger partial charge on any atom is -0.223 e. The van der Waals surface area contributed by atoms with Gasteiger partial charge < -0.3 is 0 Å². The number of hydrogen-bond donors (Lipinski definition) is 0. The Labute approximate surface area is 130 Å². The molecule has 0 saturated carbocycles. The largest absolute Gasteiger partial charge is 0.223 e. The van der Waals surface area contributed by atoms with Gasteiger partial charge in [-0.3, -0.25) is 0 Å². The van der Waals surface area contributed by atoms with E-state index < -0.39 is 9.84 Å². The highest BCUT2D eigenvalue weighted by Crippen LogP contribution is 2.35. The first-order valence-corrected chi connectivity index (χ1v) is 8.99. The maximum atomic E-state index is 12.1. The Balaban J connectivity index is 0.000000383. The lowest BCUT2D eigenvalue weighted by atomic mass is 9.86. The van der Waals surface area contributed by atoms with Crippen LogP contribution in [0.25, 0.3) is 6.08 Å². The van der Waals surface area contributed by atoms with Crippen molar-refractivity contribution in [2.24, 2.45) is 10.8 Å². The van der Waals surface area contributed by atoms with Gasteiger partial charge in [0.2, 0.25) is 0 Å². The molecule has 0 aliphatic carbocycles. The van der Waals surface area contributed by atoms with Crippen molar-refractivity contribution >= 4 is 15.9 Å². The van der Waals surface area contributed by atoms with E-state index in [0.717, 1.165) is 11.1 Å². The molecular formula is C18H28O2S. The van der Waals surface area contributed by atoms with E-state index in [-0.39, 0.29) is 11.2 Å². The summed E-state index contributed by atoms with van der Waals surface area (Å²) in [7, 11) is -3.14. The van der Waals surface area contributed by atoms with Crippen molar-refractivity contribution in [3.05, 3.63) is 35.4 Å². The van der Waals surface area contributed by atoms with Crippen LogP contribution in [0.2, 0.25) is 0 Å². The van der Waals surface area contributed by atoms with Gasteiger partial charge in [0.25, 0.3) is 0 Å². The monoisotopic (exact) mass is 308 g/mol. The zero-order chi connectivity index (χ0) is 16.5.